The van der Waals surface area contributed by atoms with Crippen molar-refractivity contribution in [3.05, 3.63) is 0 Å². The highest BCUT2D eigenvalue weighted by Gasteiger charge is 2.16. The molecule has 0 aromatic heterocycles. The van der Waals surface area contributed by atoms with Gasteiger partial charge in [-0.3, -0.25) is 9.35 Å². The van der Waals surface area contributed by atoms with Crippen molar-refractivity contribution in [2.45, 2.75) is 13.3 Å². The average molecular weight is 197 g/mol. The minimum absolute atomic E-state index is 0.0616. The topological polar surface area (TPSA) is 94.9 Å². The number of carboxylic acid groups (broad SMARTS) is 1. The highest BCUT2D eigenvalue weighted by molar-refractivity contribution is 7.83. The summed E-state index contributed by atoms with van der Waals surface area (Å²) in [6.07, 6.45) is -0.312. The molecule has 0 bridgehead atoms. The lowest BCUT2D eigenvalue weighted by atomic mass is 10.4. The van der Waals surface area contributed by atoms with Crippen molar-refractivity contribution in [3.8, 4) is 0 Å². The van der Waals surface area contributed by atoms with Gasteiger partial charge in [0.15, 0.2) is 0 Å². The van der Waals surface area contributed by atoms with E-state index in [9.17, 15) is 13.2 Å². The molecular formula is C5H11NO5S. The standard InChI is InChI=1S/C5H11NO5S/c1-2-6(12(9,10)11)4-3-5(7)8/h2-4H2,1H3,(H,7,8)(H,9,10,11). The van der Waals surface area contributed by atoms with Gasteiger partial charge >= 0.3 is 16.3 Å². The van der Waals surface area contributed by atoms with Crippen LogP contribution in [0.1, 0.15) is 13.3 Å². The van der Waals surface area contributed by atoms with E-state index >= 15 is 0 Å². The SMILES string of the molecule is CCN(CCC(=O)O)S(=O)(=O)O. The summed E-state index contributed by atoms with van der Waals surface area (Å²) in [4.78, 5) is 10.0. The molecule has 0 unspecified atom stereocenters. The molecule has 0 amide bonds. The summed E-state index contributed by atoms with van der Waals surface area (Å²) >= 11 is 0. The van der Waals surface area contributed by atoms with Crippen LogP contribution in [-0.2, 0) is 15.1 Å². The van der Waals surface area contributed by atoms with Crippen LogP contribution in [0.15, 0.2) is 0 Å². The van der Waals surface area contributed by atoms with Crippen molar-refractivity contribution >= 4 is 16.3 Å². The number of hydrogen-bond donors (Lipinski definition) is 2. The fraction of sp³-hybridized carbons (Fsp3) is 0.800. The zero-order valence-electron chi connectivity index (χ0n) is 6.60. The van der Waals surface area contributed by atoms with Gasteiger partial charge in [-0.1, -0.05) is 6.92 Å². The van der Waals surface area contributed by atoms with Crippen molar-refractivity contribution in [1.29, 1.82) is 0 Å². The zero-order valence-corrected chi connectivity index (χ0v) is 7.41. The Kier molecular flexibility index (Phi) is 4.15. The quantitative estimate of drug-likeness (QED) is 0.584. The minimum atomic E-state index is -4.24. The molecule has 2 N–H and O–H groups in total. The van der Waals surface area contributed by atoms with Crippen molar-refractivity contribution in [3.63, 3.8) is 0 Å². The second-order valence-electron chi connectivity index (χ2n) is 2.11. The highest BCUT2D eigenvalue weighted by atomic mass is 32.2. The number of hydrogen-bond acceptors (Lipinski definition) is 3. The first-order valence-corrected chi connectivity index (χ1v) is 4.72. The van der Waals surface area contributed by atoms with Gasteiger partial charge in [-0.2, -0.15) is 12.7 Å². The second-order valence-corrected chi connectivity index (χ2v) is 3.53. The Morgan fingerprint density at radius 3 is 2.25 bits per heavy atom. The van der Waals surface area contributed by atoms with Crippen LogP contribution in [0.5, 0.6) is 0 Å². The first-order valence-electron chi connectivity index (χ1n) is 3.32. The number of aliphatic carboxylic acids is 1. The van der Waals surface area contributed by atoms with E-state index in [0.717, 1.165) is 0 Å². The zero-order chi connectivity index (χ0) is 9.78. The van der Waals surface area contributed by atoms with Crippen LogP contribution >= 0.6 is 0 Å². The van der Waals surface area contributed by atoms with E-state index in [2.05, 4.69) is 0 Å². The van der Waals surface area contributed by atoms with Gasteiger partial charge in [0, 0.05) is 13.1 Å². The molecule has 0 atom stereocenters. The van der Waals surface area contributed by atoms with Gasteiger partial charge < -0.3 is 5.11 Å². The Morgan fingerprint density at radius 1 is 1.50 bits per heavy atom. The predicted octanol–water partition coefficient (Wildman–Crippen LogP) is -0.414. The van der Waals surface area contributed by atoms with Crippen LogP contribution in [0.4, 0.5) is 0 Å². The van der Waals surface area contributed by atoms with E-state index in [4.69, 9.17) is 9.66 Å². The fourth-order valence-electron chi connectivity index (χ4n) is 0.657. The molecule has 0 aromatic rings. The van der Waals surface area contributed by atoms with E-state index in [0.29, 0.717) is 4.31 Å². The van der Waals surface area contributed by atoms with E-state index < -0.39 is 16.3 Å². The summed E-state index contributed by atoms with van der Waals surface area (Å²) in [5, 5.41) is 8.22. The molecule has 72 valence electrons. The van der Waals surface area contributed by atoms with Crippen LogP contribution in [-0.4, -0.2) is 41.4 Å². The van der Waals surface area contributed by atoms with Gasteiger partial charge in [-0.15, -0.1) is 0 Å². The molecule has 6 nitrogen and oxygen atoms in total. The summed E-state index contributed by atoms with van der Waals surface area (Å²) in [7, 11) is -4.24. The van der Waals surface area contributed by atoms with Crippen molar-refractivity contribution < 1.29 is 22.9 Å². The molecular weight excluding hydrogens is 186 g/mol. The average Bonchev–Trinajstić information content (AvgIpc) is 1.85. The summed E-state index contributed by atoms with van der Waals surface area (Å²) in [5.74, 6) is -1.10. The van der Waals surface area contributed by atoms with Gasteiger partial charge in [0.2, 0.25) is 0 Å². The molecule has 0 fully saturated rings. The lowest BCUT2D eigenvalue weighted by molar-refractivity contribution is -0.137. The van der Waals surface area contributed by atoms with Crippen LogP contribution < -0.4 is 0 Å². The lowest BCUT2D eigenvalue weighted by Gasteiger charge is -2.14. The monoisotopic (exact) mass is 197 g/mol. The van der Waals surface area contributed by atoms with E-state index in [1.165, 1.54) is 6.92 Å². The van der Waals surface area contributed by atoms with Crippen molar-refractivity contribution in [1.82, 2.24) is 4.31 Å². The first-order chi connectivity index (χ1) is 5.38. The van der Waals surface area contributed by atoms with Crippen LogP contribution in [0.3, 0.4) is 0 Å². The second kappa shape index (κ2) is 4.39. The molecule has 0 spiro atoms. The molecule has 0 rings (SSSR count). The predicted molar refractivity (Wildman–Crippen MR) is 41.0 cm³/mol. The minimum Gasteiger partial charge on any atom is -0.481 e. The van der Waals surface area contributed by atoms with Gasteiger partial charge in [-0.05, 0) is 0 Å². The molecule has 0 aromatic carbocycles. The van der Waals surface area contributed by atoms with Gasteiger partial charge in [0.25, 0.3) is 0 Å². The van der Waals surface area contributed by atoms with Crippen LogP contribution in [0.25, 0.3) is 0 Å². The molecule has 0 aliphatic carbocycles. The molecule has 12 heavy (non-hydrogen) atoms. The summed E-state index contributed by atoms with van der Waals surface area (Å²) in [6.45, 7) is 1.37. The fourth-order valence-corrected chi connectivity index (χ4v) is 1.31. The van der Waals surface area contributed by atoms with Gasteiger partial charge in [0.05, 0.1) is 6.42 Å². The molecule has 0 aliphatic heterocycles. The summed E-state index contributed by atoms with van der Waals surface area (Å²) < 4.78 is 30.1. The maximum Gasteiger partial charge on any atom is 0.335 e. The molecule has 0 radical (unpaired) electrons. The van der Waals surface area contributed by atoms with E-state index in [1.807, 2.05) is 0 Å². The molecule has 0 heterocycles. The van der Waals surface area contributed by atoms with Crippen LogP contribution in [0.2, 0.25) is 0 Å². The Bertz CT molecular complexity index is 247. The van der Waals surface area contributed by atoms with Crippen molar-refractivity contribution in [2.24, 2.45) is 0 Å². The lowest BCUT2D eigenvalue weighted by Crippen LogP contribution is -2.32. The van der Waals surface area contributed by atoms with E-state index in [1.54, 1.807) is 0 Å². The van der Waals surface area contributed by atoms with Gasteiger partial charge in [-0.25, -0.2) is 0 Å². The Hall–Kier alpha value is -0.660. The Morgan fingerprint density at radius 2 is 2.00 bits per heavy atom. The van der Waals surface area contributed by atoms with Gasteiger partial charge in [0.1, 0.15) is 0 Å². The number of nitrogens with zero attached hydrogens (tertiary/aromatic N) is 1. The normalized spacial score (nSPS) is 11.9. The summed E-state index contributed by atoms with van der Waals surface area (Å²) in [5.41, 5.74) is 0. The third-order valence-electron chi connectivity index (χ3n) is 1.25. The molecule has 0 aliphatic rings. The highest BCUT2D eigenvalue weighted by Crippen LogP contribution is 1.97. The van der Waals surface area contributed by atoms with Crippen molar-refractivity contribution in [2.75, 3.05) is 13.1 Å². The molecule has 0 saturated carbocycles. The molecule has 0 saturated heterocycles. The van der Waals surface area contributed by atoms with Crippen LogP contribution in [0, 0.1) is 0 Å². The summed E-state index contributed by atoms with van der Waals surface area (Å²) in [6, 6.07) is 0. The number of carboxylic acids is 1. The maximum absolute atomic E-state index is 10.5. The Balaban J connectivity index is 4.11. The number of carbonyl (C=O) groups is 1. The first kappa shape index (κ1) is 11.3. The Labute approximate surface area is 70.7 Å². The largest absolute Gasteiger partial charge is 0.481 e. The number of rotatable bonds is 5. The maximum atomic E-state index is 10.5. The third kappa shape index (κ3) is 4.27. The third-order valence-corrected chi connectivity index (χ3v) is 2.35. The van der Waals surface area contributed by atoms with E-state index in [-0.39, 0.29) is 19.5 Å². The smallest absolute Gasteiger partial charge is 0.335 e. The molecule has 7 heteroatoms.